The number of aromatic nitrogens is 2. The number of hydrogen-bond acceptors (Lipinski definition) is 3. The average Bonchev–Trinajstić information content (AvgIpc) is 2.29. The summed E-state index contributed by atoms with van der Waals surface area (Å²) in [5.41, 5.74) is 0.786. The zero-order chi connectivity index (χ0) is 10.2. The zero-order valence-corrected chi connectivity index (χ0v) is 9.22. The maximum atomic E-state index is 10.9. The van der Waals surface area contributed by atoms with Crippen molar-refractivity contribution in [1.29, 1.82) is 0 Å². The summed E-state index contributed by atoms with van der Waals surface area (Å²) in [6, 6.07) is 1.59. The molecule has 0 spiro atoms. The molecule has 1 heterocycles. The van der Waals surface area contributed by atoms with Crippen LogP contribution in [0.3, 0.4) is 0 Å². The van der Waals surface area contributed by atoms with E-state index in [0.717, 1.165) is 5.69 Å². The van der Waals surface area contributed by atoms with Gasteiger partial charge in [-0.1, -0.05) is 0 Å². The summed E-state index contributed by atoms with van der Waals surface area (Å²) in [7, 11) is 1.45. The van der Waals surface area contributed by atoms with Gasteiger partial charge in [-0.25, -0.2) is 8.42 Å². The second-order valence-corrected chi connectivity index (χ2v) is 5.61. The fourth-order valence-corrected chi connectivity index (χ4v) is 1.82. The third kappa shape index (κ3) is 2.22. The molecule has 0 aliphatic carbocycles. The Hall–Kier alpha value is -0.550. The van der Waals surface area contributed by atoms with E-state index in [-0.39, 0.29) is 11.1 Å². The summed E-state index contributed by atoms with van der Waals surface area (Å²) < 4.78 is 23.4. The van der Waals surface area contributed by atoms with Crippen LogP contribution in [0.15, 0.2) is 11.1 Å². The topological polar surface area (TPSA) is 52.0 Å². The van der Waals surface area contributed by atoms with Crippen LogP contribution in [0.4, 0.5) is 0 Å². The molecular weight excluding hydrogens is 212 g/mol. The highest BCUT2D eigenvalue weighted by atomic mass is 35.7. The first-order chi connectivity index (χ1) is 5.82. The highest BCUT2D eigenvalue weighted by Crippen LogP contribution is 2.17. The molecule has 0 fully saturated rings. The smallest absolute Gasteiger partial charge is 0.266 e. The fraction of sp³-hybridized carbons (Fsp3) is 0.571. The third-order valence-corrected chi connectivity index (χ3v) is 2.81. The molecule has 13 heavy (non-hydrogen) atoms. The van der Waals surface area contributed by atoms with Crippen LogP contribution in [-0.2, 0) is 9.05 Å². The van der Waals surface area contributed by atoms with Gasteiger partial charge in [-0.2, -0.15) is 5.10 Å². The predicted octanol–water partition coefficient (Wildman–Crippen LogP) is 1.70. The van der Waals surface area contributed by atoms with Crippen molar-refractivity contribution in [2.45, 2.75) is 31.8 Å². The standard InChI is InChI=1S/C7H11ClN2O2S/c1-5(2)10-6(3)4-7(9-10)13(8,11)12/h4-5H,1-3H3. The van der Waals surface area contributed by atoms with Gasteiger partial charge in [-0.15, -0.1) is 0 Å². The summed E-state index contributed by atoms with van der Waals surface area (Å²) in [4.78, 5) is 0. The number of aryl methyl sites for hydroxylation is 1. The molecule has 0 bridgehead atoms. The molecule has 6 heteroatoms. The van der Waals surface area contributed by atoms with Crippen molar-refractivity contribution >= 4 is 19.7 Å². The average molecular weight is 223 g/mol. The van der Waals surface area contributed by atoms with Crippen LogP contribution in [0.5, 0.6) is 0 Å². The molecule has 0 amide bonds. The Morgan fingerprint density at radius 2 is 2.08 bits per heavy atom. The van der Waals surface area contributed by atoms with Crippen molar-refractivity contribution in [3.8, 4) is 0 Å². The number of halogens is 1. The normalized spacial score (nSPS) is 12.4. The summed E-state index contributed by atoms with van der Waals surface area (Å²) >= 11 is 0. The second kappa shape index (κ2) is 3.31. The Morgan fingerprint density at radius 3 is 2.31 bits per heavy atom. The van der Waals surface area contributed by atoms with Crippen LogP contribution >= 0.6 is 10.7 Å². The molecule has 1 aromatic rings. The minimum absolute atomic E-state index is 0.0830. The maximum absolute atomic E-state index is 10.9. The number of nitrogens with zero attached hydrogens (tertiary/aromatic N) is 2. The minimum Gasteiger partial charge on any atom is -0.266 e. The van der Waals surface area contributed by atoms with Crippen molar-refractivity contribution in [2.24, 2.45) is 0 Å². The molecule has 0 aliphatic rings. The van der Waals surface area contributed by atoms with Crippen molar-refractivity contribution in [1.82, 2.24) is 9.78 Å². The molecule has 74 valence electrons. The molecular formula is C7H11ClN2O2S. The summed E-state index contributed by atoms with van der Waals surface area (Å²) in [6.45, 7) is 5.63. The van der Waals surface area contributed by atoms with Gasteiger partial charge >= 0.3 is 0 Å². The van der Waals surface area contributed by atoms with Crippen molar-refractivity contribution in [3.63, 3.8) is 0 Å². The summed E-state index contributed by atoms with van der Waals surface area (Å²) in [6.07, 6.45) is 0. The molecule has 1 aromatic heterocycles. The third-order valence-electron chi connectivity index (χ3n) is 1.64. The highest BCUT2D eigenvalue weighted by Gasteiger charge is 2.16. The molecule has 0 saturated heterocycles. The lowest BCUT2D eigenvalue weighted by atomic mass is 10.4. The van der Waals surface area contributed by atoms with E-state index in [1.54, 1.807) is 11.6 Å². The van der Waals surface area contributed by atoms with E-state index in [9.17, 15) is 8.42 Å². The van der Waals surface area contributed by atoms with Gasteiger partial charge < -0.3 is 0 Å². The molecule has 0 atom stereocenters. The van der Waals surface area contributed by atoms with Crippen LogP contribution in [0.2, 0.25) is 0 Å². The van der Waals surface area contributed by atoms with E-state index in [2.05, 4.69) is 5.10 Å². The molecule has 1 rings (SSSR count). The largest absolute Gasteiger partial charge is 0.280 e. The van der Waals surface area contributed by atoms with E-state index in [0.29, 0.717) is 0 Å². The van der Waals surface area contributed by atoms with Gasteiger partial charge in [0.25, 0.3) is 9.05 Å². The van der Waals surface area contributed by atoms with Crippen LogP contribution in [-0.4, -0.2) is 18.2 Å². The van der Waals surface area contributed by atoms with Gasteiger partial charge in [0.2, 0.25) is 0 Å². The molecule has 0 aliphatic heterocycles. The number of rotatable bonds is 2. The van der Waals surface area contributed by atoms with Gasteiger partial charge in [0.15, 0.2) is 5.03 Å². The van der Waals surface area contributed by atoms with E-state index in [4.69, 9.17) is 10.7 Å². The predicted molar refractivity (Wildman–Crippen MR) is 50.4 cm³/mol. The molecule has 0 saturated carbocycles. The minimum atomic E-state index is -3.70. The zero-order valence-electron chi connectivity index (χ0n) is 7.65. The second-order valence-electron chi connectivity index (χ2n) is 3.10. The Kier molecular flexibility index (Phi) is 2.68. The Morgan fingerprint density at radius 1 is 1.54 bits per heavy atom. The van der Waals surface area contributed by atoms with Gasteiger partial charge in [0.1, 0.15) is 0 Å². The quantitative estimate of drug-likeness (QED) is 0.716. The maximum Gasteiger partial charge on any atom is 0.280 e. The first-order valence-electron chi connectivity index (χ1n) is 3.83. The monoisotopic (exact) mass is 222 g/mol. The van der Waals surface area contributed by atoms with Gasteiger partial charge in [-0.05, 0) is 26.8 Å². The summed E-state index contributed by atoms with van der Waals surface area (Å²) in [5.74, 6) is 0. The van der Waals surface area contributed by atoms with Crippen LogP contribution in [0.25, 0.3) is 0 Å². The van der Waals surface area contributed by atoms with Crippen LogP contribution in [0, 0.1) is 6.92 Å². The SMILES string of the molecule is Cc1cc(S(=O)(=O)Cl)nn1C(C)C. The van der Waals surface area contributed by atoms with Crippen LogP contribution in [0.1, 0.15) is 25.6 Å². The van der Waals surface area contributed by atoms with Gasteiger partial charge in [0, 0.05) is 22.4 Å². The fourth-order valence-electron chi connectivity index (χ4n) is 1.10. The summed E-state index contributed by atoms with van der Waals surface area (Å²) in [5, 5.41) is 3.79. The number of hydrogen-bond donors (Lipinski definition) is 0. The molecule has 4 nitrogen and oxygen atoms in total. The van der Waals surface area contributed by atoms with E-state index in [1.807, 2.05) is 13.8 Å². The van der Waals surface area contributed by atoms with Crippen molar-refractivity contribution in [2.75, 3.05) is 0 Å². The Labute approximate surface area is 81.9 Å². The lowest BCUT2D eigenvalue weighted by Gasteiger charge is -2.06. The van der Waals surface area contributed by atoms with Gasteiger partial charge in [-0.3, -0.25) is 4.68 Å². The Balaban J connectivity index is 3.25. The van der Waals surface area contributed by atoms with Gasteiger partial charge in [0.05, 0.1) is 0 Å². The molecule has 0 unspecified atom stereocenters. The van der Waals surface area contributed by atoms with E-state index < -0.39 is 9.05 Å². The molecule has 0 N–H and O–H groups in total. The lowest BCUT2D eigenvalue weighted by molar-refractivity contribution is 0.506. The van der Waals surface area contributed by atoms with E-state index >= 15 is 0 Å². The molecule has 0 radical (unpaired) electrons. The highest BCUT2D eigenvalue weighted by molar-refractivity contribution is 8.13. The first kappa shape index (κ1) is 10.5. The lowest BCUT2D eigenvalue weighted by Crippen LogP contribution is -2.05. The van der Waals surface area contributed by atoms with Crippen molar-refractivity contribution in [3.05, 3.63) is 11.8 Å². The van der Waals surface area contributed by atoms with Crippen LogP contribution < -0.4 is 0 Å². The molecule has 0 aromatic carbocycles. The van der Waals surface area contributed by atoms with E-state index in [1.165, 1.54) is 6.07 Å². The van der Waals surface area contributed by atoms with Crippen molar-refractivity contribution < 1.29 is 8.42 Å². The Bertz CT molecular complexity index is 408. The first-order valence-corrected chi connectivity index (χ1v) is 6.14.